The lowest BCUT2D eigenvalue weighted by atomic mass is 10.2. The second-order valence-electron chi connectivity index (χ2n) is 4.42. The maximum atomic E-state index is 12.2. The van der Waals surface area contributed by atoms with Crippen molar-refractivity contribution >= 4 is 23.1 Å². The summed E-state index contributed by atoms with van der Waals surface area (Å²) in [7, 11) is 0. The number of amides is 1. The Balaban J connectivity index is 1.90. The van der Waals surface area contributed by atoms with E-state index in [1.807, 2.05) is 22.4 Å². The Labute approximate surface area is 110 Å². The van der Waals surface area contributed by atoms with E-state index in [-0.39, 0.29) is 11.7 Å². The molecule has 1 aliphatic carbocycles. The number of thiophene rings is 1. The monoisotopic (exact) mass is 267 g/mol. The predicted octanol–water partition coefficient (Wildman–Crippen LogP) is 1.42. The van der Waals surface area contributed by atoms with Crippen LogP contribution in [0.15, 0.2) is 22.7 Å². The fraction of sp³-hybridized carbons (Fsp3) is 0.500. The molecule has 1 saturated carbocycles. The van der Waals surface area contributed by atoms with E-state index in [4.69, 9.17) is 10.9 Å². The predicted molar refractivity (Wildman–Crippen MR) is 70.8 cm³/mol. The number of amidine groups is 1. The van der Waals surface area contributed by atoms with Crippen molar-refractivity contribution in [3.8, 4) is 0 Å². The molecule has 3 N–H and O–H groups in total. The normalized spacial score (nSPS) is 15.7. The van der Waals surface area contributed by atoms with E-state index in [0.29, 0.717) is 25.4 Å². The number of nitrogens with zero attached hydrogens (tertiary/aromatic N) is 2. The lowest BCUT2D eigenvalue weighted by Crippen LogP contribution is -2.36. The molecule has 0 spiro atoms. The van der Waals surface area contributed by atoms with Crippen molar-refractivity contribution in [2.45, 2.75) is 31.7 Å². The summed E-state index contributed by atoms with van der Waals surface area (Å²) in [4.78, 5) is 15.1. The minimum Gasteiger partial charge on any atom is -0.409 e. The van der Waals surface area contributed by atoms with Crippen molar-refractivity contribution in [1.82, 2.24) is 4.90 Å². The molecule has 0 aliphatic heterocycles. The fourth-order valence-corrected chi connectivity index (χ4v) is 2.54. The highest BCUT2D eigenvalue weighted by Gasteiger charge is 2.32. The molecule has 1 fully saturated rings. The summed E-state index contributed by atoms with van der Waals surface area (Å²) in [6.45, 7) is 0.533. The van der Waals surface area contributed by atoms with E-state index in [9.17, 15) is 4.79 Å². The molecular weight excluding hydrogens is 250 g/mol. The number of nitrogens with two attached hydrogens (primary N) is 1. The first-order valence-corrected chi connectivity index (χ1v) is 6.87. The van der Waals surface area contributed by atoms with E-state index in [1.54, 1.807) is 11.3 Å². The molecule has 1 heterocycles. The van der Waals surface area contributed by atoms with Crippen molar-refractivity contribution in [2.24, 2.45) is 10.9 Å². The first kappa shape index (κ1) is 12.9. The van der Waals surface area contributed by atoms with Crippen LogP contribution in [0, 0.1) is 0 Å². The van der Waals surface area contributed by atoms with Gasteiger partial charge in [0, 0.05) is 23.9 Å². The first-order valence-electron chi connectivity index (χ1n) is 5.99. The lowest BCUT2D eigenvalue weighted by Gasteiger charge is -2.21. The standard InChI is InChI=1S/C12H17N3O2S/c13-11(14-17)5-6-15(9-3-4-9)12(16)8-10-2-1-7-18-10/h1-2,7,9,17H,3-6,8H2,(H2,13,14). The molecule has 0 saturated heterocycles. The minimum atomic E-state index is 0.130. The zero-order valence-corrected chi connectivity index (χ0v) is 10.9. The lowest BCUT2D eigenvalue weighted by molar-refractivity contribution is -0.130. The highest BCUT2D eigenvalue weighted by Crippen LogP contribution is 2.27. The molecule has 2 rings (SSSR count). The van der Waals surface area contributed by atoms with Gasteiger partial charge in [-0.1, -0.05) is 11.2 Å². The van der Waals surface area contributed by atoms with Crippen LogP contribution in [0.4, 0.5) is 0 Å². The largest absolute Gasteiger partial charge is 0.409 e. The van der Waals surface area contributed by atoms with Gasteiger partial charge in [-0.25, -0.2) is 0 Å². The molecule has 1 aromatic heterocycles. The van der Waals surface area contributed by atoms with Crippen LogP contribution in [-0.2, 0) is 11.2 Å². The highest BCUT2D eigenvalue weighted by atomic mass is 32.1. The number of hydrogen-bond acceptors (Lipinski definition) is 4. The Bertz CT molecular complexity index is 427. The zero-order chi connectivity index (χ0) is 13.0. The van der Waals surface area contributed by atoms with E-state index in [0.717, 1.165) is 17.7 Å². The molecule has 0 aromatic carbocycles. The van der Waals surface area contributed by atoms with Crippen LogP contribution in [-0.4, -0.2) is 34.4 Å². The van der Waals surface area contributed by atoms with E-state index in [1.165, 1.54) is 0 Å². The molecular formula is C12H17N3O2S. The molecule has 0 unspecified atom stereocenters. The smallest absolute Gasteiger partial charge is 0.228 e. The SMILES string of the molecule is NC(CCN(C(=O)Cc1cccs1)C1CC1)=NO. The molecule has 18 heavy (non-hydrogen) atoms. The molecule has 0 radical (unpaired) electrons. The van der Waals surface area contributed by atoms with Gasteiger partial charge in [0.05, 0.1) is 6.42 Å². The summed E-state index contributed by atoms with van der Waals surface area (Å²) < 4.78 is 0. The summed E-state index contributed by atoms with van der Waals surface area (Å²) in [6, 6.07) is 4.27. The van der Waals surface area contributed by atoms with E-state index in [2.05, 4.69) is 5.16 Å². The average Bonchev–Trinajstić information content (AvgIpc) is 3.07. The maximum absolute atomic E-state index is 12.2. The van der Waals surface area contributed by atoms with Gasteiger partial charge in [-0.15, -0.1) is 11.3 Å². The molecule has 1 aliphatic rings. The highest BCUT2D eigenvalue weighted by molar-refractivity contribution is 7.10. The number of carbonyl (C=O) groups is 1. The van der Waals surface area contributed by atoms with Gasteiger partial charge in [0.2, 0.25) is 5.91 Å². The number of oxime groups is 1. The second-order valence-corrected chi connectivity index (χ2v) is 5.45. The summed E-state index contributed by atoms with van der Waals surface area (Å²) >= 11 is 1.59. The third-order valence-electron chi connectivity index (χ3n) is 2.95. The van der Waals surface area contributed by atoms with E-state index >= 15 is 0 Å². The topological polar surface area (TPSA) is 78.9 Å². The Kier molecular flexibility index (Phi) is 4.19. The van der Waals surface area contributed by atoms with Crippen LogP contribution >= 0.6 is 11.3 Å². The minimum absolute atomic E-state index is 0.130. The van der Waals surface area contributed by atoms with Crippen molar-refractivity contribution < 1.29 is 10.0 Å². The van der Waals surface area contributed by atoms with Crippen molar-refractivity contribution in [2.75, 3.05) is 6.54 Å². The molecule has 1 amide bonds. The molecule has 6 heteroatoms. The summed E-state index contributed by atoms with van der Waals surface area (Å²) in [5, 5.41) is 13.4. The number of carbonyl (C=O) groups excluding carboxylic acids is 1. The molecule has 0 atom stereocenters. The summed E-state index contributed by atoms with van der Waals surface area (Å²) in [5.41, 5.74) is 5.44. The number of hydrogen-bond donors (Lipinski definition) is 2. The van der Waals surface area contributed by atoms with Crippen LogP contribution in [0.1, 0.15) is 24.1 Å². The van der Waals surface area contributed by atoms with Crippen LogP contribution in [0.25, 0.3) is 0 Å². The van der Waals surface area contributed by atoms with Crippen molar-refractivity contribution in [3.63, 3.8) is 0 Å². The molecule has 5 nitrogen and oxygen atoms in total. The Morgan fingerprint density at radius 2 is 2.39 bits per heavy atom. The van der Waals surface area contributed by atoms with Crippen LogP contribution in [0.2, 0.25) is 0 Å². The Morgan fingerprint density at radius 1 is 1.61 bits per heavy atom. The Morgan fingerprint density at radius 3 is 2.94 bits per heavy atom. The maximum Gasteiger partial charge on any atom is 0.228 e. The third kappa shape index (κ3) is 3.46. The molecule has 98 valence electrons. The zero-order valence-electron chi connectivity index (χ0n) is 10.1. The molecule has 0 bridgehead atoms. The third-order valence-corrected chi connectivity index (χ3v) is 3.83. The van der Waals surface area contributed by atoms with Crippen LogP contribution < -0.4 is 5.73 Å². The summed E-state index contributed by atoms with van der Waals surface area (Å²) in [6.07, 6.45) is 2.99. The number of rotatable bonds is 6. The van der Waals surface area contributed by atoms with Gasteiger partial charge in [0.15, 0.2) is 0 Å². The fourth-order valence-electron chi connectivity index (χ4n) is 1.85. The van der Waals surface area contributed by atoms with Gasteiger partial charge < -0.3 is 15.8 Å². The first-order chi connectivity index (χ1) is 8.70. The van der Waals surface area contributed by atoms with Crippen molar-refractivity contribution in [3.05, 3.63) is 22.4 Å². The van der Waals surface area contributed by atoms with Crippen molar-refractivity contribution in [1.29, 1.82) is 0 Å². The van der Waals surface area contributed by atoms with Crippen LogP contribution in [0.5, 0.6) is 0 Å². The average molecular weight is 267 g/mol. The second kappa shape index (κ2) is 5.86. The van der Waals surface area contributed by atoms with Gasteiger partial charge in [0.25, 0.3) is 0 Å². The van der Waals surface area contributed by atoms with Gasteiger partial charge in [-0.2, -0.15) is 0 Å². The van der Waals surface area contributed by atoms with Crippen LogP contribution in [0.3, 0.4) is 0 Å². The Hall–Kier alpha value is -1.56. The van der Waals surface area contributed by atoms with Gasteiger partial charge in [-0.3, -0.25) is 4.79 Å². The van der Waals surface area contributed by atoms with E-state index < -0.39 is 0 Å². The van der Waals surface area contributed by atoms with Gasteiger partial charge in [-0.05, 0) is 24.3 Å². The quantitative estimate of drug-likeness (QED) is 0.354. The molecule has 1 aromatic rings. The van der Waals surface area contributed by atoms with Gasteiger partial charge >= 0.3 is 0 Å². The summed E-state index contributed by atoms with van der Waals surface area (Å²) in [5.74, 6) is 0.301. The van der Waals surface area contributed by atoms with Gasteiger partial charge in [0.1, 0.15) is 5.84 Å².